The van der Waals surface area contributed by atoms with Crippen molar-refractivity contribution >= 4 is 23.4 Å². The van der Waals surface area contributed by atoms with Gasteiger partial charge >= 0.3 is 0 Å². The summed E-state index contributed by atoms with van der Waals surface area (Å²) in [5.74, 6) is -0.359. The van der Waals surface area contributed by atoms with Crippen molar-refractivity contribution < 1.29 is 9.59 Å². The molecule has 4 rings (SSSR count). The van der Waals surface area contributed by atoms with Gasteiger partial charge in [-0.05, 0) is 41.3 Å². The molecule has 0 bridgehead atoms. The largest absolute Gasteiger partial charge is 0.350 e. The number of amides is 2. The summed E-state index contributed by atoms with van der Waals surface area (Å²) >= 11 is 6.04. The van der Waals surface area contributed by atoms with Crippen LogP contribution in [0, 0.1) is 6.92 Å². The fraction of sp³-hybridized carbons (Fsp3) is 0.161. The highest BCUT2D eigenvalue weighted by atomic mass is 35.5. The summed E-state index contributed by atoms with van der Waals surface area (Å²) in [5.41, 5.74) is 4.72. The van der Waals surface area contributed by atoms with Crippen LogP contribution in [0.3, 0.4) is 0 Å². The highest BCUT2D eigenvalue weighted by Gasteiger charge is 2.31. The molecule has 0 spiro atoms. The zero-order chi connectivity index (χ0) is 25.3. The molecule has 0 aliphatic heterocycles. The van der Waals surface area contributed by atoms with Crippen molar-refractivity contribution in [2.75, 3.05) is 0 Å². The third-order valence-corrected chi connectivity index (χ3v) is 6.30. The van der Waals surface area contributed by atoms with E-state index in [0.29, 0.717) is 18.1 Å². The molecule has 0 aliphatic carbocycles. The SMILES string of the molecule is Cc1ccc(CNC(=O)[C@H](c2ccccc2)N(Cc2ccccc2)C(=O)Cc2ccc(Cl)cc2)cc1. The Hall–Kier alpha value is -3.89. The summed E-state index contributed by atoms with van der Waals surface area (Å²) in [6.45, 7) is 2.72. The second-order valence-electron chi connectivity index (χ2n) is 8.83. The standard InChI is InChI=1S/C31H29ClN2O2/c1-23-12-14-25(15-13-23)21-33-31(36)30(27-10-6-3-7-11-27)34(22-26-8-4-2-5-9-26)29(35)20-24-16-18-28(32)19-17-24/h2-19,30H,20-22H2,1H3,(H,33,36)/t30-/m0/s1. The zero-order valence-corrected chi connectivity index (χ0v) is 21.0. The van der Waals surface area contributed by atoms with Gasteiger partial charge in [0.25, 0.3) is 0 Å². The Kier molecular flexibility index (Phi) is 8.53. The number of nitrogens with one attached hydrogen (secondary N) is 1. The van der Waals surface area contributed by atoms with Crippen molar-refractivity contribution in [1.82, 2.24) is 10.2 Å². The van der Waals surface area contributed by atoms with Crippen molar-refractivity contribution in [3.63, 3.8) is 0 Å². The number of hydrogen-bond donors (Lipinski definition) is 1. The van der Waals surface area contributed by atoms with Gasteiger partial charge in [-0.25, -0.2) is 0 Å². The van der Waals surface area contributed by atoms with E-state index in [2.05, 4.69) is 5.32 Å². The minimum absolute atomic E-state index is 0.138. The summed E-state index contributed by atoms with van der Waals surface area (Å²) in [4.78, 5) is 29.1. The Morgan fingerprint density at radius 2 is 1.33 bits per heavy atom. The first-order chi connectivity index (χ1) is 17.5. The van der Waals surface area contributed by atoms with E-state index in [0.717, 1.165) is 27.8 Å². The normalized spacial score (nSPS) is 11.5. The molecule has 4 aromatic carbocycles. The molecule has 36 heavy (non-hydrogen) atoms. The van der Waals surface area contributed by atoms with Gasteiger partial charge in [-0.1, -0.05) is 114 Å². The number of rotatable bonds is 9. The number of carbonyl (C=O) groups excluding carboxylic acids is 2. The lowest BCUT2D eigenvalue weighted by Gasteiger charge is -2.32. The van der Waals surface area contributed by atoms with Crippen LogP contribution in [0.15, 0.2) is 109 Å². The Morgan fingerprint density at radius 1 is 0.750 bits per heavy atom. The summed E-state index contributed by atoms with van der Waals surface area (Å²) in [7, 11) is 0. The van der Waals surface area contributed by atoms with Gasteiger partial charge in [0, 0.05) is 18.1 Å². The maximum absolute atomic E-state index is 13.7. The van der Waals surface area contributed by atoms with Crippen LogP contribution in [-0.2, 0) is 29.1 Å². The predicted molar refractivity (Wildman–Crippen MR) is 144 cm³/mol. The van der Waals surface area contributed by atoms with Gasteiger partial charge in [0.2, 0.25) is 11.8 Å². The Labute approximate surface area is 217 Å². The van der Waals surface area contributed by atoms with Gasteiger partial charge < -0.3 is 10.2 Å². The molecule has 4 aromatic rings. The van der Waals surface area contributed by atoms with Gasteiger partial charge in [0.1, 0.15) is 6.04 Å². The molecule has 1 N–H and O–H groups in total. The van der Waals surface area contributed by atoms with Crippen LogP contribution in [0.2, 0.25) is 5.02 Å². The Balaban J connectivity index is 1.65. The topological polar surface area (TPSA) is 49.4 Å². The molecule has 0 aliphatic rings. The van der Waals surface area contributed by atoms with E-state index in [-0.39, 0.29) is 18.2 Å². The van der Waals surface area contributed by atoms with Gasteiger partial charge in [-0.3, -0.25) is 9.59 Å². The second-order valence-corrected chi connectivity index (χ2v) is 9.26. The van der Waals surface area contributed by atoms with Crippen LogP contribution in [-0.4, -0.2) is 16.7 Å². The number of hydrogen-bond acceptors (Lipinski definition) is 2. The van der Waals surface area contributed by atoms with E-state index in [4.69, 9.17) is 11.6 Å². The summed E-state index contributed by atoms with van der Waals surface area (Å²) in [6, 6.07) is 33.7. The predicted octanol–water partition coefficient (Wildman–Crippen LogP) is 6.28. The monoisotopic (exact) mass is 496 g/mol. The zero-order valence-electron chi connectivity index (χ0n) is 20.2. The first-order valence-corrected chi connectivity index (χ1v) is 12.3. The first kappa shape index (κ1) is 25.2. The highest BCUT2D eigenvalue weighted by molar-refractivity contribution is 6.30. The molecule has 182 valence electrons. The summed E-state index contributed by atoms with van der Waals surface area (Å²) < 4.78 is 0. The maximum Gasteiger partial charge on any atom is 0.247 e. The third kappa shape index (κ3) is 6.83. The average Bonchev–Trinajstić information content (AvgIpc) is 2.90. The van der Waals surface area contributed by atoms with Crippen LogP contribution < -0.4 is 5.32 Å². The molecule has 0 saturated heterocycles. The van der Waals surface area contributed by atoms with Crippen LogP contribution >= 0.6 is 11.6 Å². The Morgan fingerprint density at radius 3 is 1.97 bits per heavy atom. The molecule has 1 atom stereocenters. The molecule has 0 heterocycles. The lowest BCUT2D eigenvalue weighted by atomic mass is 10.0. The van der Waals surface area contributed by atoms with Crippen LogP contribution in [0.1, 0.15) is 33.9 Å². The van der Waals surface area contributed by atoms with E-state index in [1.165, 1.54) is 0 Å². The van der Waals surface area contributed by atoms with Crippen LogP contribution in [0.5, 0.6) is 0 Å². The van der Waals surface area contributed by atoms with Gasteiger partial charge in [-0.15, -0.1) is 0 Å². The molecule has 5 heteroatoms. The van der Waals surface area contributed by atoms with Crippen molar-refractivity contribution in [2.24, 2.45) is 0 Å². The summed E-state index contributed by atoms with van der Waals surface area (Å²) in [6.07, 6.45) is 0.165. The quantitative estimate of drug-likeness (QED) is 0.296. The molecule has 4 nitrogen and oxygen atoms in total. The minimum atomic E-state index is -0.781. The molecule has 2 amide bonds. The fourth-order valence-electron chi connectivity index (χ4n) is 4.08. The minimum Gasteiger partial charge on any atom is -0.350 e. The number of benzene rings is 4. The third-order valence-electron chi connectivity index (χ3n) is 6.05. The van der Waals surface area contributed by atoms with Crippen molar-refractivity contribution in [3.8, 4) is 0 Å². The summed E-state index contributed by atoms with van der Waals surface area (Å²) in [5, 5.41) is 3.67. The molecule has 0 radical (unpaired) electrons. The van der Waals surface area contributed by atoms with E-state index in [1.54, 1.807) is 17.0 Å². The average molecular weight is 497 g/mol. The van der Waals surface area contributed by atoms with E-state index in [9.17, 15) is 9.59 Å². The van der Waals surface area contributed by atoms with Crippen LogP contribution in [0.25, 0.3) is 0 Å². The fourth-order valence-corrected chi connectivity index (χ4v) is 4.21. The lowest BCUT2D eigenvalue weighted by molar-refractivity contribution is -0.141. The molecular formula is C31H29ClN2O2. The second kappa shape index (κ2) is 12.2. The highest BCUT2D eigenvalue weighted by Crippen LogP contribution is 2.25. The number of halogens is 1. The van der Waals surface area contributed by atoms with E-state index >= 15 is 0 Å². The number of aryl methyl sites for hydroxylation is 1. The van der Waals surface area contributed by atoms with Crippen molar-refractivity contribution in [1.29, 1.82) is 0 Å². The van der Waals surface area contributed by atoms with Crippen molar-refractivity contribution in [3.05, 3.63) is 142 Å². The van der Waals surface area contributed by atoms with Crippen LogP contribution in [0.4, 0.5) is 0 Å². The maximum atomic E-state index is 13.7. The number of nitrogens with zero attached hydrogens (tertiary/aromatic N) is 1. The molecule has 0 saturated carbocycles. The molecular weight excluding hydrogens is 468 g/mol. The van der Waals surface area contributed by atoms with E-state index in [1.807, 2.05) is 104 Å². The van der Waals surface area contributed by atoms with Gasteiger partial charge in [0.05, 0.1) is 6.42 Å². The number of carbonyl (C=O) groups is 2. The van der Waals surface area contributed by atoms with Gasteiger partial charge in [-0.2, -0.15) is 0 Å². The Bertz CT molecular complexity index is 1270. The smallest absolute Gasteiger partial charge is 0.247 e. The molecule has 0 fully saturated rings. The molecule has 0 unspecified atom stereocenters. The van der Waals surface area contributed by atoms with E-state index < -0.39 is 6.04 Å². The first-order valence-electron chi connectivity index (χ1n) is 12.0. The molecule has 0 aromatic heterocycles. The van der Waals surface area contributed by atoms with Gasteiger partial charge in [0.15, 0.2) is 0 Å². The lowest BCUT2D eigenvalue weighted by Crippen LogP contribution is -2.43. The van der Waals surface area contributed by atoms with Crippen molar-refractivity contribution in [2.45, 2.75) is 32.5 Å².